The largest absolute Gasteiger partial charge is 0.494 e. The van der Waals surface area contributed by atoms with E-state index in [-0.39, 0.29) is 18.4 Å². The number of fused-ring (bicyclic) bond motifs is 1. The van der Waals surface area contributed by atoms with E-state index < -0.39 is 6.10 Å². The maximum atomic E-state index is 13.0. The molecule has 192 valence electrons. The molecule has 7 nitrogen and oxygen atoms in total. The van der Waals surface area contributed by atoms with Crippen LogP contribution in [0.4, 0.5) is 5.69 Å². The molecule has 0 unspecified atom stereocenters. The number of aliphatic hydroxyl groups is 1. The van der Waals surface area contributed by atoms with Gasteiger partial charge in [-0.3, -0.25) is 4.79 Å². The van der Waals surface area contributed by atoms with Gasteiger partial charge in [-0.25, -0.2) is 4.98 Å². The molecule has 1 aliphatic heterocycles. The van der Waals surface area contributed by atoms with Crippen LogP contribution in [-0.4, -0.2) is 46.4 Å². The molecule has 0 aliphatic carbocycles. The number of nitrogens with zero attached hydrogens (tertiary/aromatic N) is 3. The summed E-state index contributed by atoms with van der Waals surface area (Å²) in [6.45, 7) is 7.58. The summed E-state index contributed by atoms with van der Waals surface area (Å²) in [4.78, 5) is 19.7. The van der Waals surface area contributed by atoms with E-state index >= 15 is 0 Å². The maximum absolute atomic E-state index is 13.0. The number of carbonyl (C=O) groups excluding carboxylic acids is 1. The Bertz CT molecular complexity index is 1380. The smallest absolute Gasteiger partial charge is 0.227 e. The van der Waals surface area contributed by atoms with Gasteiger partial charge in [0.1, 0.15) is 30.0 Å². The van der Waals surface area contributed by atoms with Gasteiger partial charge in [0.15, 0.2) is 0 Å². The van der Waals surface area contributed by atoms with Crippen LogP contribution in [0.3, 0.4) is 0 Å². The van der Waals surface area contributed by atoms with Gasteiger partial charge in [0.05, 0.1) is 24.2 Å². The number of rotatable bonds is 9. The molecule has 1 fully saturated rings. The number of anilines is 1. The lowest BCUT2D eigenvalue weighted by Crippen LogP contribution is -2.26. The fraction of sp³-hybridized carbons (Fsp3) is 0.333. The predicted octanol–water partition coefficient (Wildman–Crippen LogP) is 5.01. The zero-order valence-electron chi connectivity index (χ0n) is 21.6. The number of aromatic nitrogens is 2. The number of imidazole rings is 1. The average Bonchev–Trinajstić information content (AvgIpc) is 3.45. The molecule has 0 saturated carbocycles. The number of para-hydroxylation sites is 3. The van der Waals surface area contributed by atoms with Gasteiger partial charge in [0.25, 0.3) is 0 Å². The average molecular weight is 500 g/mol. The van der Waals surface area contributed by atoms with Crippen molar-refractivity contribution in [2.24, 2.45) is 0 Å². The highest BCUT2D eigenvalue weighted by Crippen LogP contribution is 2.34. The van der Waals surface area contributed by atoms with Gasteiger partial charge < -0.3 is 24.0 Å². The van der Waals surface area contributed by atoms with Crippen LogP contribution in [0, 0.1) is 13.8 Å². The molecule has 1 aromatic heterocycles. The van der Waals surface area contributed by atoms with Crippen molar-refractivity contribution in [3.63, 3.8) is 0 Å². The topological polar surface area (TPSA) is 76.8 Å². The standard InChI is InChI=1S/C30H33N3O4/c1-4-36-25-14-12-23(13-15-25)32-17-22(16-28(32)35)30-31-26-10-5-6-11-27(26)33(30)18-24(34)19-37-29-20(2)8-7-9-21(29)3/h5-15,22,24,34H,4,16-19H2,1-3H3/t22-,24-/m1/s1. The molecule has 0 radical (unpaired) electrons. The molecule has 4 aromatic rings. The molecular weight excluding hydrogens is 466 g/mol. The van der Waals surface area contributed by atoms with Crippen LogP contribution in [-0.2, 0) is 11.3 Å². The van der Waals surface area contributed by atoms with E-state index in [0.29, 0.717) is 26.1 Å². The molecule has 1 saturated heterocycles. The summed E-state index contributed by atoms with van der Waals surface area (Å²) < 4.78 is 13.6. The van der Waals surface area contributed by atoms with Crippen LogP contribution in [0.2, 0.25) is 0 Å². The second-order valence-electron chi connectivity index (χ2n) is 9.59. The number of aryl methyl sites for hydroxylation is 2. The van der Waals surface area contributed by atoms with Crippen LogP contribution in [0.5, 0.6) is 11.5 Å². The van der Waals surface area contributed by atoms with Gasteiger partial charge >= 0.3 is 0 Å². The van der Waals surface area contributed by atoms with Crippen molar-refractivity contribution in [3.8, 4) is 11.5 Å². The van der Waals surface area contributed by atoms with Gasteiger partial charge in [-0.2, -0.15) is 0 Å². The maximum Gasteiger partial charge on any atom is 0.227 e. The first kappa shape index (κ1) is 24.8. The normalized spacial score (nSPS) is 16.4. The summed E-state index contributed by atoms with van der Waals surface area (Å²) in [5.74, 6) is 2.39. The number of benzene rings is 3. The van der Waals surface area contributed by atoms with E-state index in [1.165, 1.54) is 0 Å². The zero-order chi connectivity index (χ0) is 25.9. The fourth-order valence-electron chi connectivity index (χ4n) is 5.09. The molecular formula is C30H33N3O4. The van der Waals surface area contributed by atoms with E-state index in [2.05, 4.69) is 0 Å². The van der Waals surface area contributed by atoms with Crippen molar-refractivity contribution in [1.82, 2.24) is 9.55 Å². The van der Waals surface area contributed by atoms with Gasteiger partial charge in [-0.05, 0) is 68.3 Å². The number of ether oxygens (including phenoxy) is 2. The zero-order valence-corrected chi connectivity index (χ0v) is 21.6. The van der Waals surface area contributed by atoms with E-state index in [0.717, 1.165) is 45.2 Å². The molecule has 37 heavy (non-hydrogen) atoms. The Balaban J connectivity index is 1.36. The number of carbonyl (C=O) groups is 1. The Morgan fingerprint density at radius 3 is 2.46 bits per heavy atom. The van der Waals surface area contributed by atoms with Gasteiger partial charge in [-0.15, -0.1) is 0 Å². The quantitative estimate of drug-likeness (QED) is 0.350. The van der Waals surface area contributed by atoms with Crippen molar-refractivity contribution in [3.05, 3.63) is 83.7 Å². The van der Waals surface area contributed by atoms with E-state index in [1.807, 2.05) is 97.0 Å². The molecule has 1 aliphatic rings. The monoisotopic (exact) mass is 499 g/mol. The number of hydrogen-bond acceptors (Lipinski definition) is 5. The minimum atomic E-state index is -0.741. The summed E-state index contributed by atoms with van der Waals surface area (Å²) in [6, 6.07) is 21.5. The Kier molecular flexibility index (Phi) is 7.15. The Morgan fingerprint density at radius 2 is 1.73 bits per heavy atom. The lowest BCUT2D eigenvalue weighted by molar-refractivity contribution is -0.117. The van der Waals surface area contributed by atoms with Crippen LogP contribution in [0.25, 0.3) is 11.0 Å². The van der Waals surface area contributed by atoms with Crippen LogP contribution in [0.1, 0.15) is 36.2 Å². The fourth-order valence-corrected chi connectivity index (χ4v) is 5.09. The molecule has 0 bridgehead atoms. The Labute approximate surface area is 217 Å². The number of amides is 1. The Hall–Kier alpha value is -3.84. The van der Waals surface area contributed by atoms with Gasteiger partial charge in [0, 0.05) is 24.6 Å². The summed E-state index contributed by atoms with van der Waals surface area (Å²) in [6.07, 6.45) is -0.374. The van der Waals surface area contributed by atoms with Crippen LogP contribution in [0.15, 0.2) is 66.7 Å². The second kappa shape index (κ2) is 10.6. The molecule has 2 atom stereocenters. The predicted molar refractivity (Wildman–Crippen MR) is 144 cm³/mol. The highest BCUT2D eigenvalue weighted by atomic mass is 16.5. The lowest BCUT2D eigenvalue weighted by atomic mass is 10.1. The SMILES string of the molecule is CCOc1ccc(N2C[C@H](c3nc4ccccc4n3C[C@@H](O)COc3c(C)cccc3C)CC2=O)cc1. The summed E-state index contributed by atoms with van der Waals surface area (Å²) >= 11 is 0. The van der Waals surface area contributed by atoms with Crippen molar-refractivity contribution < 1.29 is 19.4 Å². The third-order valence-electron chi connectivity index (χ3n) is 6.86. The second-order valence-corrected chi connectivity index (χ2v) is 9.59. The van der Waals surface area contributed by atoms with Crippen molar-refractivity contribution in [1.29, 1.82) is 0 Å². The van der Waals surface area contributed by atoms with Crippen molar-refractivity contribution in [2.75, 3.05) is 24.7 Å². The summed E-state index contributed by atoms with van der Waals surface area (Å²) in [7, 11) is 0. The van der Waals surface area contributed by atoms with E-state index in [1.54, 1.807) is 0 Å². The first-order valence-corrected chi connectivity index (χ1v) is 12.8. The minimum absolute atomic E-state index is 0.0617. The van der Waals surface area contributed by atoms with Crippen LogP contribution < -0.4 is 14.4 Å². The highest BCUT2D eigenvalue weighted by Gasteiger charge is 2.35. The van der Waals surface area contributed by atoms with Gasteiger partial charge in [0.2, 0.25) is 5.91 Å². The first-order chi connectivity index (χ1) is 17.9. The van der Waals surface area contributed by atoms with Gasteiger partial charge in [-0.1, -0.05) is 30.3 Å². The summed E-state index contributed by atoms with van der Waals surface area (Å²) in [5.41, 5.74) is 4.73. The Morgan fingerprint density at radius 1 is 1.00 bits per heavy atom. The molecule has 1 N–H and O–H groups in total. The van der Waals surface area contributed by atoms with Crippen molar-refractivity contribution in [2.45, 2.75) is 45.8 Å². The molecule has 2 heterocycles. The molecule has 3 aromatic carbocycles. The molecule has 1 amide bonds. The minimum Gasteiger partial charge on any atom is -0.494 e. The van der Waals surface area contributed by atoms with E-state index in [4.69, 9.17) is 14.5 Å². The molecule has 5 rings (SSSR count). The van der Waals surface area contributed by atoms with E-state index in [9.17, 15) is 9.90 Å². The molecule has 0 spiro atoms. The van der Waals surface area contributed by atoms with Crippen LogP contribution >= 0.6 is 0 Å². The van der Waals surface area contributed by atoms with Crippen molar-refractivity contribution >= 4 is 22.6 Å². The summed E-state index contributed by atoms with van der Waals surface area (Å²) in [5, 5.41) is 11.0. The first-order valence-electron chi connectivity index (χ1n) is 12.8. The lowest BCUT2D eigenvalue weighted by Gasteiger charge is -2.20. The third-order valence-corrected chi connectivity index (χ3v) is 6.86. The third kappa shape index (κ3) is 5.18. The number of aliphatic hydroxyl groups excluding tert-OH is 1. The number of hydrogen-bond donors (Lipinski definition) is 1. The highest BCUT2D eigenvalue weighted by molar-refractivity contribution is 5.96. The molecule has 7 heteroatoms.